The highest BCUT2D eigenvalue weighted by Crippen LogP contribution is 2.21. The highest BCUT2D eigenvalue weighted by Gasteiger charge is 2.16. The minimum Gasteiger partial charge on any atom is -0.319 e. The van der Waals surface area contributed by atoms with Crippen LogP contribution in [0.2, 0.25) is 5.02 Å². The van der Waals surface area contributed by atoms with Gasteiger partial charge >= 0.3 is 0 Å². The van der Waals surface area contributed by atoms with Gasteiger partial charge in [-0.05, 0) is 23.8 Å². The standard InChI is InChI=1S/C22H17ClN6O2S2/c1-27-19(31)15-7-3-5-9-17(15)29-20(27)25-26-22(29)33-13-18(30)24-21-28(10-11-32-21)12-14-6-2-4-8-16(14)23/h2-11H,12-13H2,1H3. The Morgan fingerprint density at radius 2 is 1.94 bits per heavy atom. The number of halogens is 1. The van der Waals surface area contributed by atoms with Crippen LogP contribution >= 0.6 is 34.7 Å². The van der Waals surface area contributed by atoms with Crippen LogP contribution in [0.3, 0.4) is 0 Å². The van der Waals surface area contributed by atoms with E-state index in [1.165, 1.54) is 27.7 Å². The van der Waals surface area contributed by atoms with Crippen LogP contribution in [0.4, 0.5) is 0 Å². The second-order valence-electron chi connectivity index (χ2n) is 7.20. The van der Waals surface area contributed by atoms with Crippen molar-refractivity contribution in [2.24, 2.45) is 12.0 Å². The Morgan fingerprint density at radius 1 is 1.15 bits per heavy atom. The molecule has 0 saturated carbocycles. The highest BCUT2D eigenvalue weighted by atomic mass is 35.5. The molecule has 0 atom stereocenters. The number of benzene rings is 2. The lowest BCUT2D eigenvalue weighted by Crippen LogP contribution is -2.20. The number of carbonyl (C=O) groups excluding carboxylic acids is 1. The molecule has 8 nitrogen and oxygen atoms in total. The number of aromatic nitrogens is 5. The smallest absolute Gasteiger partial charge is 0.262 e. The molecule has 5 rings (SSSR count). The molecule has 0 aliphatic rings. The van der Waals surface area contributed by atoms with Crippen molar-refractivity contribution in [2.75, 3.05) is 5.75 Å². The molecule has 0 spiro atoms. The first-order valence-corrected chi connectivity index (χ1v) is 12.2. The van der Waals surface area contributed by atoms with Crippen LogP contribution in [0.25, 0.3) is 16.7 Å². The summed E-state index contributed by atoms with van der Waals surface area (Å²) in [6.45, 7) is 0.525. The lowest BCUT2D eigenvalue weighted by molar-refractivity contribution is -0.115. The van der Waals surface area contributed by atoms with Gasteiger partial charge in [0.05, 0.1) is 23.2 Å². The molecular formula is C22H17ClN6O2S2. The van der Waals surface area contributed by atoms with Gasteiger partial charge in [-0.15, -0.1) is 21.5 Å². The van der Waals surface area contributed by atoms with Crippen LogP contribution in [0.5, 0.6) is 0 Å². The van der Waals surface area contributed by atoms with Gasteiger partial charge in [-0.3, -0.25) is 18.6 Å². The number of fused-ring (bicyclic) bond motifs is 3. The lowest BCUT2D eigenvalue weighted by atomic mass is 10.2. The SMILES string of the molecule is Cn1c(=O)c2ccccc2n2c(SCC(=O)N=c3sccn3Cc3ccccc3Cl)nnc12. The largest absolute Gasteiger partial charge is 0.319 e. The lowest BCUT2D eigenvalue weighted by Gasteiger charge is -2.07. The third kappa shape index (κ3) is 4.12. The van der Waals surface area contributed by atoms with Crippen LogP contribution in [-0.2, 0) is 18.4 Å². The summed E-state index contributed by atoms with van der Waals surface area (Å²) >= 11 is 8.89. The number of thioether (sulfide) groups is 1. The molecule has 166 valence electrons. The van der Waals surface area contributed by atoms with Crippen LogP contribution in [0.15, 0.2) is 75.1 Å². The molecule has 0 aliphatic heterocycles. The fourth-order valence-corrected chi connectivity index (χ4v) is 5.15. The highest BCUT2D eigenvalue weighted by molar-refractivity contribution is 7.99. The van der Waals surface area contributed by atoms with E-state index in [9.17, 15) is 9.59 Å². The van der Waals surface area contributed by atoms with Crippen LogP contribution in [-0.4, -0.2) is 35.4 Å². The number of rotatable bonds is 5. The van der Waals surface area contributed by atoms with Crippen molar-refractivity contribution in [3.8, 4) is 0 Å². The van der Waals surface area contributed by atoms with Crippen molar-refractivity contribution in [2.45, 2.75) is 11.7 Å². The summed E-state index contributed by atoms with van der Waals surface area (Å²) in [5.41, 5.74) is 1.51. The normalized spacial score (nSPS) is 12.1. The van der Waals surface area contributed by atoms with E-state index >= 15 is 0 Å². The van der Waals surface area contributed by atoms with Gasteiger partial charge in [-0.2, -0.15) is 4.99 Å². The molecule has 5 aromatic rings. The van der Waals surface area contributed by atoms with E-state index in [0.29, 0.717) is 38.2 Å². The van der Waals surface area contributed by atoms with E-state index in [-0.39, 0.29) is 17.2 Å². The zero-order valence-electron chi connectivity index (χ0n) is 17.4. The van der Waals surface area contributed by atoms with Gasteiger partial charge in [0, 0.05) is 23.6 Å². The molecule has 33 heavy (non-hydrogen) atoms. The molecule has 0 unspecified atom stereocenters. The van der Waals surface area contributed by atoms with E-state index in [1.54, 1.807) is 17.5 Å². The molecule has 0 fully saturated rings. The third-order valence-corrected chi connectivity index (χ3v) is 7.18. The van der Waals surface area contributed by atoms with Crippen molar-refractivity contribution in [3.63, 3.8) is 0 Å². The summed E-state index contributed by atoms with van der Waals surface area (Å²) in [6.07, 6.45) is 1.88. The summed E-state index contributed by atoms with van der Waals surface area (Å²) in [4.78, 5) is 30.1. The maximum Gasteiger partial charge on any atom is 0.262 e. The Morgan fingerprint density at radius 3 is 2.79 bits per heavy atom. The monoisotopic (exact) mass is 496 g/mol. The summed E-state index contributed by atoms with van der Waals surface area (Å²) in [6, 6.07) is 14.9. The van der Waals surface area contributed by atoms with Crippen molar-refractivity contribution in [3.05, 3.63) is 85.8 Å². The first-order chi connectivity index (χ1) is 16.0. The van der Waals surface area contributed by atoms with Gasteiger partial charge in [0.25, 0.3) is 11.5 Å². The van der Waals surface area contributed by atoms with E-state index in [2.05, 4.69) is 15.2 Å². The molecule has 3 heterocycles. The van der Waals surface area contributed by atoms with Crippen LogP contribution in [0.1, 0.15) is 5.56 Å². The number of nitrogens with zero attached hydrogens (tertiary/aromatic N) is 6. The van der Waals surface area contributed by atoms with Crippen molar-refractivity contribution in [1.82, 2.24) is 23.7 Å². The Bertz CT molecular complexity index is 1630. The minimum absolute atomic E-state index is 0.0853. The second kappa shape index (κ2) is 8.97. The quantitative estimate of drug-likeness (QED) is 0.348. The number of aryl methyl sites for hydroxylation is 1. The maximum atomic E-state index is 12.7. The van der Waals surface area contributed by atoms with Gasteiger partial charge in [-0.1, -0.05) is 53.7 Å². The van der Waals surface area contributed by atoms with Crippen LogP contribution in [0, 0.1) is 0 Å². The Kier molecular flexibility index (Phi) is 5.88. The summed E-state index contributed by atoms with van der Waals surface area (Å²) in [7, 11) is 1.66. The molecule has 0 aliphatic carbocycles. The molecule has 1 amide bonds. The fraction of sp³-hybridized carbons (Fsp3) is 0.136. The summed E-state index contributed by atoms with van der Waals surface area (Å²) in [5, 5.41) is 12.0. The number of para-hydroxylation sites is 1. The van der Waals surface area contributed by atoms with Gasteiger partial charge in [0.15, 0.2) is 9.96 Å². The fourth-order valence-electron chi connectivity index (χ4n) is 3.49. The molecule has 11 heteroatoms. The number of carbonyl (C=O) groups is 1. The van der Waals surface area contributed by atoms with E-state index < -0.39 is 0 Å². The maximum absolute atomic E-state index is 12.7. The van der Waals surface area contributed by atoms with Crippen molar-refractivity contribution >= 4 is 57.3 Å². The topological polar surface area (TPSA) is 86.5 Å². The zero-order valence-corrected chi connectivity index (χ0v) is 19.8. The Balaban J connectivity index is 1.41. The number of hydrogen-bond acceptors (Lipinski definition) is 6. The first-order valence-electron chi connectivity index (χ1n) is 9.93. The number of hydrogen-bond donors (Lipinski definition) is 0. The Labute approximate surface area is 200 Å². The van der Waals surface area contributed by atoms with Gasteiger partial charge in [0.2, 0.25) is 5.78 Å². The average molecular weight is 497 g/mol. The number of amides is 1. The molecule has 0 bridgehead atoms. The van der Waals surface area contributed by atoms with Gasteiger partial charge in [0.1, 0.15) is 0 Å². The average Bonchev–Trinajstić information content (AvgIpc) is 3.44. The van der Waals surface area contributed by atoms with E-state index in [4.69, 9.17) is 11.6 Å². The van der Waals surface area contributed by atoms with Crippen LogP contribution < -0.4 is 10.4 Å². The molecule has 2 aromatic carbocycles. The predicted molar refractivity (Wildman–Crippen MR) is 130 cm³/mol. The minimum atomic E-state index is -0.291. The van der Waals surface area contributed by atoms with Gasteiger partial charge < -0.3 is 4.57 Å². The molecule has 3 aromatic heterocycles. The van der Waals surface area contributed by atoms with Crippen molar-refractivity contribution < 1.29 is 4.79 Å². The summed E-state index contributed by atoms with van der Waals surface area (Å²) < 4.78 is 5.14. The van der Waals surface area contributed by atoms with Crippen molar-refractivity contribution in [1.29, 1.82) is 0 Å². The molecule has 0 saturated heterocycles. The predicted octanol–water partition coefficient (Wildman–Crippen LogP) is 3.37. The molecular weight excluding hydrogens is 480 g/mol. The second-order valence-corrected chi connectivity index (χ2v) is 9.42. The molecule has 0 N–H and O–H groups in total. The Hall–Kier alpha value is -3.21. The third-order valence-electron chi connectivity index (χ3n) is 5.10. The number of thiazole rings is 1. The zero-order chi connectivity index (χ0) is 22.9. The van der Waals surface area contributed by atoms with Gasteiger partial charge in [-0.25, -0.2) is 0 Å². The molecule has 0 radical (unpaired) electrons. The summed E-state index contributed by atoms with van der Waals surface area (Å²) in [5.74, 6) is 0.213. The van der Waals surface area contributed by atoms with E-state index in [1.807, 2.05) is 58.6 Å². The first kappa shape index (κ1) is 21.6. The van der Waals surface area contributed by atoms with E-state index in [0.717, 1.165) is 5.56 Å².